The molecule has 0 spiro atoms. The summed E-state index contributed by atoms with van der Waals surface area (Å²) in [5.74, 6) is 0.691. The molecule has 0 aliphatic rings. The van der Waals surface area contributed by atoms with Crippen LogP contribution in [0.15, 0.2) is 18.2 Å². The summed E-state index contributed by atoms with van der Waals surface area (Å²) in [6, 6.07) is 5.36. The van der Waals surface area contributed by atoms with Gasteiger partial charge in [-0.1, -0.05) is 69.3 Å². The quantitative estimate of drug-likeness (QED) is 0.482. The number of hydrogen-bond donors (Lipinski definition) is 1. The number of nitrogens with two attached hydrogens (primary N) is 1. The number of thiocarbonyl (C=S) groups is 1. The van der Waals surface area contributed by atoms with Crippen molar-refractivity contribution >= 4 is 28.8 Å². The molecular formula is C16H24ClNOS. The van der Waals surface area contributed by atoms with Crippen LogP contribution < -0.4 is 10.5 Å². The molecule has 0 amide bonds. The molecule has 1 aromatic carbocycles. The highest BCUT2D eigenvalue weighted by atomic mass is 35.5. The molecule has 2 N–H and O–H groups in total. The lowest BCUT2D eigenvalue weighted by atomic mass is 10.1. The third kappa shape index (κ3) is 6.58. The summed E-state index contributed by atoms with van der Waals surface area (Å²) in [6.07, 6.45) is 8.83. The van der Waals surface area contributed by atoms with E-state index in [9.17, 15) is 0 Å². The summed E-state index contributed by atoms with van der Waals surface area (Å²) in [6.45, 7) is 2.92. The van der Waals surface area contributed by atoms with Crippen molar-refractivity contribution in [3.63, 3.8) is 0 Å². The number of ether oxygens (including phenoxy) is 1. The maximum absolute atomic E-state index is 5.97. The zero-order valence-corrected chi connectivity index (χ0v) is 13.7. The Kier molecular flexibility index (Phi) is 8.63. The van der Waals surface area contributed by atoms with Crippen molar-refractivity contribution in [2.24, 2.45) is 5.73 Å². The number of unbranched alkanes of at least 4 members (excludes halogenated alkanes) is 6. The van der Waals surface area contributed by atoms with E-state index in [0.29, 0.717) is 22.4 Å². The predicted molar refractivity (Wildman–Crippen MR) is 90.8 cm³/mol. The molecule has 0 bridgehead atoms. The van der Waals surface area contributed by atoms with Crippen LogP contribution in [0.2, 0.25) is 5.02 Å². The van der Waals surface area contributed by atoms with Gasteiger partial charge >= 0.3 is 0 Å². The molecule has 0 heterocycles. The average Bonchev–Trinajstić information content (AvgIpc) is 2.41. The SMILES string of the molecule is CCCCCCCCCOc1cc(Cl)ccc1C(N)=S. The van der Waals surface area contributed by atoms with Crippen molar-refractivity contribution in [1.82, 2.24) is 0 Å². The Balaban J connectivity index is 2.28. The number of halogens is 1. The molecule has 0 fully saturated rings. The molecule has 0 aliphatic heterocycles. The van der Waals surface area contributed by atoms with E-state index in [0.717, 1.165) is 12.0 Å². The molecule has 0 atom stereocenters. The summed E-state index contributed by atoms with van der Waals surface area (Å²) in [5.41, 5.74) is 6.43. The lowest BCUT2D eigenvalue weighted by Gasteiger charge is -2.11. The Morgan fingerprint density at radius 3 is 2.45 bits per heavy atom. The van der Waals surface area contributed by atoms with Gasteiger partial charge in [-0.15, -0.1) is 0 Å². The van der Waals surface area contributed by atoms with Crippen molar-refractivity contribution < 1.29 is 4.74 Å². The van der Waals surface area contributed by atoms with E-state index in [1.54, 1.807) is 12.1 Å². The van der Waals surface area contributed by atoms with Gasteiger partial charge in [0.1, 0.15) is 10.7 Å². The van der Waals surface area contributed by atoms with Gasteiger partial charge in [0.2, 0.25) is 0 Å². The lowest BCUT2D eigenvalue weighted by Crippen LogP contribution is -2.12. The third-order valence-electron chi connectivity index (χ3n) is 3.21. The van der Waals surface area contributed by atoms with Crippen LogP contribution in [0.1, 0.15) is 57.4 Å². The minimum atomic E-state index is 0.344. The van der Waals surface area contributed by atoms with Gasteiger partial charge in [0, 0.05) is 5.02 Å². The Morgan fingerprint density at radius 1 is 1.15 bits per heavy atom. The van der Waals surface area contributed by atoms with Crippen LogP contribution in [-0.2, 0) is 0 Å². The van der Waals surface area contributed by atoms with Gasteiger partial charge in [0.25, 0.3) is 0 Å². The van der Waals surface area contributed by atoms with E-state index >= 15 is 0 Å². The van der Waals surface area contributed by atoms with E-state index in [-0.39, 0.29) is 0 Å². The first-order valence-corrected chi connectivity index (χ1v) is 8.16. The minimum absolute atomic E-state index is 0.344. The monoisotopic (exact) mass is 313 g/mol. The van der Waals surface area contributed by atoms with Gasteiger partial charge in [0.05, 0.1) is 12.2 Å². The molecule has 0 radical (unpaired) electrons. The maximum atomic E-state index is 5.97. The summed E-state index contributed by atoms with van der Waals surface area (Å²) in [7, 11) is 0. The Bertz CT molecular complexity index is 423. The molecule has 1 rings (SSSR count). The van der Waals surface area contributed by atoms with E-state index in [1.807, 2.05) is 6.07 Å². The summed E-state index contributed by atoms with van der Waals surface area (Å²) < 4.78 is 5.76. The van der Waals surface area contributed by atoms with Crippen LogP contribution in [0, 0.1) is 0 Å². The summed E-state index contributed by atoms with van der Waals surface area (Å²) in [5, 5.41) is 0.638. The first kappa shape index (κ1) is 17.3. The Labute approximate surface area is 132 Å². The van der Waals surface area contributed by atoms with Crippen molar-refractivity contribution in [2.75, 3.05) is 6.61 Å². The number of benzene rings is 1. The van der Waals surface area contributed by atoms with E-state index in [4.69, 9.17) is 34.3 Å². The van der Waals surface area contributed by atoms with E-state index in [1.165, 1.54) is 38.5 Å². The largest absolute Gasteiger partial charge is 0.493 e. The van der Waals surface area contributed by atoms with Crippen LogP contribution in [0.4, 0.5) is 0 Å². The molecule has 0 saturated heterocycles. The molecule has 2 nitrogen and oxygen atoms in total. The fourth-order valence-corrected chi connectivity index (χ4v) is 2.39. The third-order valence-corrected chi connectivity index (χ3v) is 3.67. The number of hydrogen-bond acceptors (Lipinski definition) is 2. The van der Waals surface area contributed by atoms with Crippen LogP contribution in [0.5, 0.6) is 5.75 Å². The zero-order chi connectivity index (χ0) is 14.8. The van der Waals surface area contributed by atoms with Gasteiger partial charge in [-0.25, -0.2) is 0 Å². The van der Waals surface area contributed by atoms with Gasteiger partial charge in [-0.3, -0.25) is 0 Å². The van der Waals surface area contributed by atoms with Crippen molar-refractivity contribution in [3.8, 4) is 5.75 Å². The average molecular weight is 314 g/mol. The van der Waals surface area contributed by atoms with Gasteiger partial charge in [-0.2, -0.15) is 0 Å². The fraction of sp³-hybridized carbons (Fsp3) is 0.562. The first-order chi connectivity index (χ1) is 9.65. The standard InChI is InChI=1S/C16H24ClNOS/c1-2-3-4-5-6-7-8-11-19-15-12-13(17)9-10-14(15)16(18)20/h9-10,12H,2-8,11H2,1H3,(H2,18,20). The minimum Gasteiger partial charge on any atom is -0.493 e. The second kappa shape index (κ2) is 10.0. The smallest absolute Gasteiger partial charge is 0.130 e. The van der Waals surface area contributed by atoms with Gasteiger partial charge < -0.3 is 10.5 Å². The second-order valence-electron chi connectivity index (χ2n) is 4.97. The molecule has 0 saturated carbocycles. The highest BCUT2D eigenvalue weighted by Crippen LogP contribution is 2.23. The molecular weight excluding hydrogens is 290 g/mol. The molecule has 0 aromatic heterocycles. The Morgan fingerprint density at radius 2 is 1.80 bits per heavy atom. The van der Waals surface area contributed by atoms with Crippen LogP contribution in [-0.4, -0.2) is 11.6 Å². The second-order valence-corrected chi connectivity index (χ2v) is 5.85. The topological polar surface area (TPSA) is 35.2 Å². The van der Waals surface area contributed by atoms with Crippen LogP contribution in [0.3, 0.4) is 0 Å². The number of rotatable bonds is 10. The van der Waals surface area contributed by atoms with Crippen molar-refractivity contribution in [1.29, 1.82) is 0 Å². The maximum Gasteiger partial charge on any atom is 0.130 e. The molecule has 0 unspecified atom stereocenters. The fourth-order valence-electron chi connectivity index (χ4n) is 2.06. The highest BCUT2D eigenvalue weighted by molar-refractivity contribution is 7.80. The van der Waals surface area contributed by atoms with E-state index in [2.05, 4.69) is 6.92 Å². The molecule has 4 heteroatoms. The normalized spacial score (nSPS) is 10.5. The van der Waals surface area contributed by atoms with Gasteiger partial charge in [-0.05, 0) is 24.6 Å². The Hall–Kier alpha value is -0.800. The van der Waals surface area contributed by atoms with E-state index < -0.39 is 0 Å². The van der Waals surface area contributed by atoms with Crippen LogP contribution in [0.25, 0.3) is 0 Å². The van der Waals surface area contributed by atoms with Crippen LogP contribution >= 0.6 is 23.8 Å². The predicted octanol–water partition coefficient (Wildman–Crippen LogP) is 5.10. The van der Waals surface area contributed by atoms with Crippen molar-refractivity contribution in [2.45, 2.75) is 51.9 Å². The van der Waals surface area contributed by atoms with Crippen molar-refractivity contribution in [3.05, 3.63) is 28.8 Å². The molecule has 112 valence electrons. The molecule has 20 heavy (non-hydrogen) atoms. The lowest BCUT2D eigenvalue weighted by molar-refractivity contribution is 0.304. The van der Waals surface area contributed by atoms with Gasteiger partial charge in [0.15, 0.2) is 0 Å². The first-order valence-electron chi connectivity index (χ1n) is 7.37. The zero-order valence-electron chi connectivity index (χ0n) is 12.2. The molecule has 1 aromatic rings. The summed E-state index contributed by atoms with van der Waals surface area (Å²) >= 11 is 11.0. The summed E-state index contributed by atoms with van der Waals surface area (Å²) in [4.78, 5) is 0.344. The highest BCUT2D eigenvalue weighted by Gasteiger charge is 2.07. The molecule has 0 aliphatic carbocycles.